The van der Waals surface area contributed by atoms with Crippen molar-refractivity contribution in [3.8, 4) is 0 Å². The summed E-state index contributed by atoms with van der Waals surface area (Å²) in [5.41, 5.74) is 0.933. The molecule has 0 aromatic carbocycles. The van der Waals surface area contributed by atoms with Crippen molar-refractivity contribution in [1.82, 2.24) is 10.3 Å². The number of rotatable bonds is 4. The summed E-state index contributed by atoms with van der Waals surface area (Å²) >= 11 is 0. The number of aromatic nitrogens is 1. The number of pyridine rings is 1. The maximum atomic E-state index is 11.8. The van der Waals surface area contributed by atoms with Crippen molar-refractivity contribution in [2.75, 3.05) is 13.2 Å². The number of aliphatic carboxylic acids is 1. The van der Waals surface area contributed by atoms with Crippen molar-refractivity contribution >= 4 is 18.0 Å². The molecule has 1 unspecified atom stereocenters. The van der Waals surface area contributed by atoms with Crippen LogP contribution in [-0.2, 0) is 9.53 Å². The molecule has 2 heterocycles. The Kier molecular flexibility index (Phi) is 4.25. The first-order valence-corrected chi connectivity index (χ1v) is 5.91. The van der Waals surface area contributed by atoms with Gasteiger partial charge in [0.05, 0.1) is 12.6 Å². The van der Waals surface area contributed by atoms with Gasteiger partial charge in [-0.25, -0.2) is 4.79 Å². The highest BCUT2D eigenvalue weighted by Crippen LogP contribution is 2.06. The lowest BCUT2D eigenvalue weighted by Gasteiger charge is -2.09. The smallest absolute Gasteiger partial charge is 0.328 e. The fourth-order valence-corrected chi connectivity index (χ4v) is 1.71. The molecule has 1 aromatic rings. The number of ether oxygens (including phenoxy) is 1. The van der Waals surface area contributed by atoms with E-state index in [1.54, 1.807) is 12.1 Å². The van der Waals surface area contributed by atoms with Crippen LogP contribution >= 0.6 is 0 Å². The van der Waals surface area contributed by atoms with E-state index in [-0.39, 0.29) is 11.9 Å². The molecule has 1 fully saturated rings. The number of carboxylic acid groups (broad SMARTS) is 1. The second kappa shape index (κ2) is 6.10. The molecule has 19 heavy (non-hydrogen) atoms. The van der Waals surface area contributed by atoms with Gasteiger partial charge < -0.3 is 15.2 Å². The number of hydrogen-bond donors (Lipinski definition) is 2. The molecule has 6 heteroatoms. The monoisotopic (exact) mass is 262 g/mol. The predicted octanol–water partition coefficient (Wildman–Crippen LogP) is 0.698. The SMILES string of the molecule is O=C(O)/C=C/c1ccc(C(=O)NC2CCOC2)nc1. The van der Waals surface area contributed by atoms with Crippen molar-refractivity contribution in [3.63, 3.8) is 0 Å². The van der Waals surface area contributed by atoms with Crippen LogP contribution in [0, 0.1) is 0 Å². The quantitative estimate of drug-likeness (QED) is 0.780. The number of carboxylic acids is 1. The van der Waals surface area contributed by atoms with E-state index in [1.807, 2.05) is 0 Å². The van der Waals surface area contributed by atoms with E-state index in [1.165, 1.54) is 12.3 Å². The topological polar surface area (TPSA) is 88.5 Å². The van der Waals surface area contributed by atoms with Crippen molar-refractivity contribution in [1.29, 1.82) is 0 Å². The molecule has 1 aliphatic rings. The van der Waals surface area contributed by atoms with Gasteiger partial charge in [-0.05, 0) is 24.1 Å². The average molecular weight is 262 g/mol. The Labute approximate surface area is 110 Å². The number of nitrogens with one attached hydrogen (secondary N) is 1. The Morgan fingerprint density at radius 1 is 1.47 bits per heavy atom. The van der Waals surface area contributed by atoms with E-state index in [0.29, 0.717) is 24.5 Å². The zero-order chi connectivity index (χ0) is 13.7. The molecular weight excluding hydrogens is 248 g/mol. The summed E-state index contributed by atoms with van der Waals surface area (Å²) in [5, 5.41) is 11.3. The number of carbonyl (C=O) groups is 2. The summed E-state index contributed by atoms with van der Waals surface area (Å²) in [6.45, 7) is 1.20. The highest BCUT2D eigenvalue weighted by Gasteiger charge is 2.18. The Morgan fingerprint density at radius 2 is 2.32 bits per heavy atom. The summed E-state index contributed by atoms with van der Waals surface area (Å²) in [7, 11) is 0. The second-order valence-corrected chi connectivity index (χ2v) is 4.18. The van der Waals surface area contributed by atoms with E-state index in [0.717, 1.165) is 12.5 Å². The van der Waals surface area contributed by atoms with Crippen LogP contribution in [0.15, 0.2) is 24.4 Å². The third-order valence-electron chi connectivity index (χ3n) is 2.70. The van der Waals surface area contributed by atoms with Crippen LogP contribution in [0.2, 0.25) is 0 Å². The zero-order valence-corrected chi connectivity index (χ0v) is 10.2. The third kappa shape index (κ3) is 3.89. The number of hydrogen-bond acceptors (Lipinski definition) is 4. The van der Waals surface area contributed by atoms with Crippen LogP contribution in [0.25, 0.3) is 6.08 Å². The van der Waals surface area contributed by atoms with Gasteiger partial charge in [-0.3, -0.25) is 9.78 Å². The Balaban J connectivity index is 1.97. The van der Waals surface area contributed by atoms with Gasteiger partial charge in [0.2, 0.25) is 0 Å². The van der Waals surface area contributed by atoms with Gasteiger partial charge in [-0.15, -0.1) is 0 Å². The molecule has 6 nitrogen and oxygen atoms in total. The van der Waals surface area contributed by atoms with Crippen molar-refractivity contribution in [3.05, 3.63) is 35.7 Å². The fraction of sp³-hybridized carbons (Fsp3) is 0.308. The Bertz CT molecular complexity index is 490. The van der Waals surface area contributed by atoms with E-state index in [2.05, 4.69) is 10.3 Å². The molecule has 1 saturated heterocycles. The van der Waals surface area contributed by atoms with Crippen LogP contribution in [0.4, 0.5) is 0 Å². The fourth-order valence-electron chi connectivity index (χ4n) is 1.71. The van der Waals surface area contributed by atoms with Crippen molar-refractivity contribution in [2.24, 2.45) is 0 Å². The van der Waals surface area contributed by atoms with Crippen molar-refractivity contribution < 1.29 is 19.4 Å². The highest BCUT2D eigenvalue weighted by molar-refractivity contribution is 5.92. The molecule has 0 radical (unpaired) electrons. The molecular formula is C13H14N2O4. The molecule has 1 atom stereocenters. The molecule has 1 aliphatic heterocycles. The molecule has 2 N–H and O–H groups in total. The standard InChI is InChI=1S/C13H14N2O4/c16-12(17)4-2-9-1-3-11(14-7-9)13(18)15-10-5-6-19-8-10/h1-4,7,10H,5-6,8H2,(H,15,18)(H,16,17)/b4-2+. The summed E-state index contributed by atoms with van der Waals surface area (Å²) in [6, 6.07) is 3.25. The number of amides is 1. The first-order valence-electron chi connectivity index (χ1n) is 5.91. The minimum atomic E-state index is -1.02. The maximum absolute atomic E-state index is 11.8. The third-order valence-corrected chi connectivity index (χ3v) is 2.70. The van der Waals surface area contributed by atoms with Gasteiger partial charge in [0, 0.05) is 18.9 Å². The molecule has 0 aliphatic carbocycles. The van der Waals surface area contributed by atoms with Gasteiger partial charge >= 0.3 is 5.97 Å². The lowest BCUT2D eigenvalue weighted by atomic mass is 10.2. The summed E-state index contributed by atoms with van der Waals surface area (Å²) in [5.74, 6) is -1.27. The van der Waals surface area contributed by atoms with Crippen LogP contribution in [0.1, 0.15) is 22.5 Å². The second-order valence-electron chi connectivity index (χ2n) is 4.18. The van der Waals surface area contributed by atoms with Crippen LogP contribution < -0.4 is 5.32 Å². The Morgan fingerprint density at radius 3 is 2.89 bits per heavy atom. The predicted molar refractivity (Wildman–Crippen MR) is 67.6 cm³/mol. The first-order chi connectivity index (χ1) is 9.15. The molecule has 1 aromatic heterocycles. The van der Waals surface area contributed by atoms with E-state index < -0.39 is 5.97 Å². The molecule has 100 valence electrons. The molecule has 2 rings (SSSR count). The first kappa shape index (κ1) is 13.2. The van der Waals surface area contributed by atoms with E-state index in [4.69, 9.17) is 9.84 Å². The lowest BCUT2D eigenvalue weighted by molar-refractivity contribution is -0.131. The molecule has 0 saturated carbocycles. The van der Waals surface area contributed by atoms with Crippen LogP contribution in [-0.4, -0.2) is 41.2 Å². The van der Waals surface area contributed by atoms with Gasteiger partial charge in [0.15, 0.2) is 0 Å². The number of nitrogens with zero attached hydrogens (tertiary/aromatic N) is 1. The van der Waals surface area contributed by atoms with E-state index in [9.17, 15) is 9.59 Å². The van der Waals surface area contributed by atoms with Crippen LogP contribution in [0.3, 0.4) is 0 Å². The largest absolute Gasteiger partial charge is 0.478 e. The lowest BCUT2D eigenvalue weighted by Crippen LogP contribution is -2.35. The summed E-state index contributed by atoms with van der Waals surface area (Å²) in [6.07, 6.45) is 4.71. The van der Waals surface area contributed by atoms with Crippen molar-refractivity contribution in [2.45, 2.75) is 12.5 Å². The minimum absolute atomic E-state index is 0.0425. The maximum Gasteiger partial charge on any atom is 0.328 e. The normalized spacial score (nSPS) is 18.6. The highest BCUT2D eigenvalue weighted by atomic mass is 16.5. The molecule has 0 spiro atoms. The zero-order valence-electron chi connectivity index (χ0n) is 10.2. The van der Waals surface area contributed by atoms with Gasteiger partial charge in [0.25, 0.3) is 5.91 Å². The van der Waals surface area contributed by atoms with E-state index >= 15 is 0 Å². The average Bonchev–Trinajstić information content (AvgIpc) is 2.89. The number of carbonyl (C=O) groups excluding carboxylic acids is 1. The summed E-state index contributed by atoms with van der Waals surface area (Å²) < 4.78 is 5.17. The van der Waals surface area contributed by atoms with Gasteiger partial charge in [-0.2, -0.15) is 0 Å². The molecule has 1 amide bonds. The molecule has 0 bridgehead atoms. The minimum Gasteiger partial charge on any atom is -0.478 e. The Hall–Kier alpha value is -2.21. The van der Waals surface area contributed by atoms with Gasteiger partial charge in [-0.1, -0.05) is 6.07 Å². The van der Waals surface area contributed by atoms with Gasteiger partial charge in [0.1, 0.15) is 5.69 Å². The summed E-state index contributed by atoms with van der Waals surface area (Å²) in [4.78, 5) is 26.2. The van der Waals surface area contributed by atoms with Crippen LogP contribution in [0.5, 0.6) is 0 Å².